The van der Waals surface area contributed by atoms with E-state index in [1.165, 1.54) is 4.90 Å². The molecular weight excluding hydrogens is 235 g/mol. The average molecular weight is 253 g/mol. The number of nitrogens with zero attached hydrogens (tertiary/aromatic N) is 1. The van der Waals surface area contributed by atoms with E-state index in [1.807, 2.05) is 0 Å². The lowest BCUT2D eigenvalue weighted by atomic mass is 10.0. The molecule has 7 heteroatoms. The predicted molar refractivity (Wildman–Crippen MR) is 57.8 cm³/mol. The normalized spacial score (nSPS) is 18.4. The van der Waals surface area contributed by atoms with Gasteiger partial charge in [-0.3, -0.25) is 10.3 Å². The first-order chi connectivity index (χ1) is 7.76. The van der Waals surface area contributed by atoms with Crippen molar-refractivity contribution in [3.8, 4) is 0 Å². The predicted octanol–water partition coefficient (Wildman–Crippen LogP) is 0.949. The molecule has 1 fully saturated rings. The molecule has 0 aliphatic heterocycles. The number of nitrogens with one attached hydrogen (secondary N) is 1. The van der Waals surface area contributed by atoms with Crippen molar-refractivity contribution in [3.05, 3.63) is 0 Å². The van der Waals surface area contributed by atoms with E-state index in [1.54, 1.807) is 0 Å². The van der Waals surface area contributed by atoms with Crippen molar-refractivity contribution in [1.29, 1.82) is 5.41 Å². The van der Waals surface area contributed by atoms with Gasteiger partial charge in [0.25, 0.3) is 0 Å². The first kappa shape index (κ1) is 14.2. The van der Waals surface area contributed by atoms with Gasteiger partial charge < -0.3 is 10.8 Å². The number of amidine groups is 1. The molecule has 17 heavy (non-hydrogen) atoms. The third kappa shape index (κ3) is 5.36. The number of hydrogen-bond acceptors (Lipinski definition) is 3. The minimum absolute atomic E-state index is 0.000829. The maximum absolute atomic E-state index is 12.3. The number of aliphatic hydroxyl groups is 1. The Hall–Kier alpha value is -0.820. The van der Waals surface area contributed by atoms with E-state index in [-0.39, 0.29) is 30.9 Å². The molecule has 4 nitrogen and oxygen atoms in total. The van der Waals surface area contributed by atoms with Crippen molar-refractivity contribution in [2.75, 3.05) is 26.2 Å². The fourth-order valence-electron chi connectivity index (χ4n) is 2.05. The van der Waals surface area contributed by atoms with E-state index in [2.05, 4.69) is 0 Å². The number of halogens is 3. The Balaban J connectivity index is 2.51. The summed E-state index contributed by atoms with van der Waals surface area (Å²) >= 11 is 0. The van der Waals surface area contributed by atoms with E-state index in [9.17, 15) is 13.2 Å². The van der Waals surface area contributed by atoms with Crippen LogP contribution in [-0.4, -0.2) is 48.3 Å². The molecule has 4 N–H and O–H groups in total. The molecule has 0 bridgehead atoms. The van der Waals surface area contributed by atoms with Crippen LogP contribution < -0.4 is 5.73 Å². The third-order valence-electron chi connectivity index (χ3n) is 2.90. The minimum Gasteiger partial charge on any atom is -0.395 e. The Morgan fingerprint density at radius 3 is 2.35 bits per heavy atom. The monoisotopic (exact) mass is 253 g/mol. The second-order valence-corrected chi connectivity index (χ2v) is 4.75. The van der Waals surface area contributed by atoms with E-state index < -0.39 is 12.7 Å². The molecule has 0 spiro atoms. The first-order valence-electron chi connectivity index (χ1n) is 5.49. The van der Waals surface area contributed by atoms with Crippen molar-refractivity contribution in [2.45, 2.75) is 25.4 Å². The maximum atomic E-state index is 12.3. The molecule has 0 atom stereocenters. The number of rotatable bonds is 7. The quantitative estimate of drug-likeness (QED) is 0.467. The van der Waals surface area contributed by atoms with Gasteiger partial charge in [0.15, 0.2) is 0 Å². The lowest BCUT2D eigenvalue weighted by Gasteiger charge is -2.27. The second-order valence-electron chi connectivity index (χ2n) is 4.75. The lowest BCUT2D eigenvalue weighted by molar-refractivity contribution is -0.148. The van der Waals surface area contributed by atoms with Crippen molar-refractivity contribution in [3.63, 3.8) is 0 Å². The van der Waals surface area contributed by atoms with E-state index in [0.717, 1.165) is 12.8 Å². The summed E-state index contributed by atoms with van der Waals surface area (Å²) in [4.78, 5) is 1.19. The third-order valence-corrected chi connectivity index (χ3v) is 2.90. The molecule has 0 aromatic carbocycles. The molecule has 100 valence electrons. The molecule has 0 unspecified atom stereocenters. The van der Waals surface area contributed by atoms with Crippen LogP contribution in [-0.2, 0) is 0 Å². The summed E-state index contributed by atoms with van der Waals surface area (Å²) < 4.78 is 36.9. The van der Waals surface area contributed by atoms with Gasteiger partial charge in [-0.05, 0) is 18.3 Å². The molecule has 1 aliphatic carbocycles. The zero-order valence-corrected chi connectivity index (χ0v) is 9.56. The SMILES string of the molecule is N=C(N)CC1(CN(CCO)CC(F)(F)F)CC1. The topological polar surface area (TPSA) is 73.3 Å². The number of alkyl halides is 3. The smallest absolute Gasteiger partial charge is 0.395 e. The van der Waals surface area contributed by atoms with Gasteiger partial charge >= 0.3 is 6.18 Å². The molecule has 0 aromatic heterocycles. The van der Waals surface area contributed by atoms with Crippen LogP contribution >= 0.6 is 0 Å². The standard InChI is InChI=1S/C10H18F3N3O/c11-10(12,13)7-16(3-4-17)6-9(1-2-9)5-8(14)15/h17H,1-7H2,(H3,14,15). The van der Waals surface area contributed by atoms with Crippen molar-refractivity contribution in [2.24, 2.45) is 11.1 Å². The summed E-state index contributed by atoms with van der Waals surface area (Å²) in [6.45, 7) is -1.08. The van der Waals surface area contributed by atoms with Crippen LogP contribution in [0.4, 0.5) is 13.2 Å². The average Bonchev–Trinajstić information content (AvgIpc) is 2.80. The van der Waals surface area contributed by atoms with E-state index in [4.69, 9.17) is 16.2 Å². The Labute approximate surface area is 98.1 Å². The van der Waals surface area contributed by atoms with Crippen LogP contribution in [0.3, 0.4) is 0 Å². The maximum Gasteiger partial charge on any atom is 0.401 e. The fraction of sp³-hybridized carbons (Fsp3) is 0.900. The van der Waals surface area contributed by atoms with Gasteiger partial charge in [-0.15, -0.1) is 0 Å². The van der Waals surface area contributed by atoms with Crippen molar-refractivity contribution < 1.29 is 18.3 Å². The zero-order valence-electron chi connectivity index (χ0n) is 9.56. The van der Waals surface area contributed by atoms with Crippen LogP contribution in [0.5, 0.6) is 0 Å². The van der Waals surface area contributed by atoms with E-state index >= 15 is 0 Å². The molecule has 0 heterocycles. The molecule has 1 saturated carbocycles. The van der Waals surface area contributed by atoms with Crippen molar-refractivity contribution in [1.82, 2.24) is 4.90 Å². The van der Waals surface area contributed by atoms with Crippen molar-refractivity contribution >= 4 is 5.84 Å². The zero-order chi connectivity index (χ0) is 13.1. The lowest BCUT2D eigenvalue weighted by Crippen LogP contribution is -2.40. The van der Waals surface area contributed by atoms with Crippen LogP contribution in [0, 0.1) is 10.8 Å². The van der Waals surface area contributed by atoms with Gasteiger partial charge in [-0.1, -0.05) is 0 Å². The van der Waals surface area contributed by atoms with Crippen LogP contribution in [0.1, 0.15) is 19.3 Å². The fourth-order valence-corrected chi connectivity index (χ4v) is 2.05. The summed E-state index contributed by atoms with van der Waals surface area (Å²) in [5, 5.41) is 16.0. The van der Waals surface area contributed by atoms with Crippen LogP contribution in [0.25, 0.3) is 0 Å². The highest BCUT2D eigenvalue weighted by Crippen LogP contribution is 2.49. The number of nitrogens with two attached hydrogens (primary N) is 1. The molecule has 1 rings (SSSR count). The molecular formula is C10H18F3N3O. The van der Waals surface area contributed by atoms with Gasteiger partial charge in [0.2, 0.25) is 0 Å². The highest BCUT2D eigenvalue weighted by molar-refractivity contribution is 5.78. The Bertz CT molecular complexity index is 276. The number of aliphatic hydroxyl groups excluding tert-OH is 1. The first-order valence-corrected chi connectivity index (χ1v) is 5.49. The summed E-state index contributed by atoms with van der Waals surface area (Å²) in [5.74, 6) is 0.0125. The minimum atomic E-state index is -4.26. The highest BCUT2D eigenvalue weighted by atomic mass is 19.4. The second kappa shape index (κ2) is 5.22. The summed E-state index contributed by atoms with van der Waals surface area (Å²) in [7, 11) is 0. The number of hydrogen-bond donors (Lipinski definition) is 3. The molecule has 0 amide bonds. The van der Waals surface area contributed by atoms with Gasteiger partial charge in [-0.25, -0.2) is 0 Å². The largest absolute Gasteiger partial charge is 0.401 e. The van der Waals surface area contributed by atoms with Crippen LogP contribution in [0.2, 0.25) is 0 Å². The summed E-state index contributed by atoms with van der Waals surface area (Å²) in [6, 6.07) is 0. The van der Waals surface area contributed by atoms with Crippen LogP contribution in [0.15, 0.2) is 0 Å². The van der Waals surface area contributed by atoms with E-state index in [0.29, 0.717) is 6.42 Å². The Morgan fingerprint density at radius 1 is 1.41 bits per heavy atom. The van der Waals surface area contributed by atoms with Gasteiger partial charge in [0, 0.05) is 19.5 Å². The molecule has 0 saturated heterocycles. The summed E-state index contributed by atoms with van der Waals surface area (Å²) in [5.41, 5.74) is 5.02. The molecule has 1 aliphatic rings. The molecule has 0 aromatic rings. The van der Waals surface area contributed by atoms with Gasteiger partial charge in [0.1, 0.15) is 0 Å². The molecule has 0 radical (unpaired) electrons. The Morgan fingerprint density at radius 2 is 2.00 bits per heavy atom. The Kier molecular flexibility index (Phi) is 4.37. The summed E-state index contributed by atoms with van der Waals surface area (Å²) in [6.07, 6.45) is -2.33. The highest BCUT2D eigenvalue weighted by Gasteiger charge is 2.45. The van der Waals surface area contributed by atoms with Gasteiger partial charge in [-0.2, -0.15) is 13.2 Å². The van der Waals surface area contributed by atoms with Gasteiger partial charge in [0.05, 0.1) is 19.0 Å².